The number of benzene rings is 1. The predicted octanol–water partition coefficient (Wildman–Crippen LogP) is 1.55. The van der Waals surface area contributed by atoms with Gasteiger partial charge in [0.25, 0.3) is 0 Å². The first-order valence-corrected chi connectivity index (χ1v) is 5.17. The van der Waals surface area contributed by atoms with Crippen LogP contribution in [0, 0.1) is 0 Å². The average molecular weight is 206 g/mol. The first-order chi connectivity index (χ1) is 7.18. The van der Waals surface area contributed by atoms with E-state index in [2.05, 4.69) is 0 Å². The highest BCUT2D eigenvalue weighted by Crippen LogP contribution is 2.41. The van der Waals surface area contributed by atoms with Gasteiger partial charge in [0.05, 0.1) is 0 Å². The summed E-state index contributed by atoms with van der Waals surface area (Å²) in [7, 11) is 0. The molecule has 1 aromatic carbocycles. The molecule has 1 aliphatic rings. The quantitative estimate of drug-likeness (QED) is 0.785. The van der Waals surface area contributed by atoms with E-state index < -0.39 is 12.1 Å². The van der Waals surface area contributed by atoms with E-state index in [9.17, 15) is 9.90 Å². The molecule has 0 saturated heterocycles. The van der Waals surface area contributed by atoms with Gasteiger partial charge in [0, 0.05) is 6.42 Å². The van der Waals surface area contributed by atoms with Gasteiger partial charge in [0.15, 0.2) is 6.10 Å². The van der Waals surface area contributed by atoms with Crippen LogP contribution in [-0.4, -0.2) is 22.3 Å². The Hall–Kier alpha value is -1.35. The summed E-state index contributed by atoms with van der Waals surface area (Å²) in [6.07, 6.45) is 1.28. The molecule has 2 rings (SSSR count). The number of rotatable bonds is 4. The Labute approximate surface area is 88.4 Å². The van der Waals surface area contributed by atoms with Crippen LogP contribution in [0.25, 0.3) is 0 Å². The van der Waals surface area contributed by atoms with Gasteiger partial charge < -0.3 is 10.2 Å². The number of hydrogen-bond donors (Lipinski definition) is 2. The molecule has 0 amide bonds. The Morgan fingerprint density at radius 1 is 1.40 bits per heavy atom. The van der Waals surface area contributed by atoms with Crippen LogP contribution in [-0.2, 0) is 11.2 Å². The van der Waals surface area contributed by atoms with E-state index in [0.29, 0.717) is 5.92 Å². The van der Waals surface area contributed by atoms with Crippen molar-refractivity contribution in [2.75, 3.05) is 0 Å². The Morgan fingerprint density at radius 3 is 2.67 bits per heavy atom. The molecule has 1 saturated carbocycles. The lowest BCUT2D eigenvalue weighted by atomic mass is 9.98. The van der Waals surface area contributed by atoms with Crippen LogP contribution in [0.5, 0.6) is 0 Å². The maximum Gasteiger partial charge on any atom is 0.332 e. The number of aliphatic carboxylic acids is 1. The van der Waals surface area contributed by atoms with Gasteiger partial charge in [-0.25, -0.2) is 4.79 Å². The number of carbonyl (C=O) groups is 1. The Balaban J connectivity index is 2.16. The van der Waals surface area contributed by atoms with Crippen LogP contribution in [0.2, 0.25) is 0 Å². The molecule has 0 aromatic heterocycles. The summed E-state index contributed by atoms with van der Waals surface area (Å²) < 4.78 is 0. The van der Waals surface area contributed by atoms with E-state index in [1.807, 2.05) is 24.3 Å². The molecule has 1 aliphatic carbocycles. The minimum Gasteiger partial charge on any atom is -0.479 e. The molecule has 3 heteroatoms. The third kappa shape index (κ3) is 2.36. The predicted molar refractivity (Wildman–Crippen MR) is 55.8 cm³/mol. The summed E-state index contributed by atoms with van der Waals surface area (Å²) in [5.74, 6) is -0.567. The van der Waals surface area contributed by atoms with Crippen molar-refractivity contribution in [3.63, 3.8) is 0 Å². The van der Waals surface area contributed by atoms with Gasteiger partial charge in [0.1, 0.15) is 0 Å². The highest BCUT2D eigenvalue weighted by Gasteiger charge is 2.26. The summed E-state index contributed by atoms with van der Waals surface area (Å²) >= 11 is 0. The van der Waals surface area contributed by atoms with Crippen molar-refractivity contribution in [3.05, 3.63) is 35.4 Å². The zero-order chi connectivity index (χ0) is 10.8. The van der Waals surface area contributed by atoms with Gasteiger partial charge in [-0.15, -0.1) is 0 Å². The van der Waals surface area contributed by atoms with Crippen molar-refractivity contribution in [2.45, 2.75) is 31.3 Å². The van der Waals surface area contributed by atoms with E-state index >= 15 is 0 Å². The molecule has 0 radical (unpaired) electrons. The molecule has 0 heterocycles. The summed E-state index contributed by atoms with van der Waals surface area (Å²) in [6, 6.07) is 7.78. The minimum absolute atomic E-state index is 0.210. The lowest BCUT2D eigenvalue weighted by Crippen LogP contribution is -2.22. The van der Waals surface area contributed by atoms with Crippen molar-refractivity contribution in [1.29, 1.82) is 0 Å². The standard InChI is InChI=1S/C12H14O3/c13-11(12(14)15)7-9-3-1-2-4-10(9)8-5-6-8/h1-4,8,11,13H,5-7H2,(H,14,15). The number of hydrogen-bond acceptors (Lipinski definition) is 2. The number of aliphatic hydroxyl groups is 1. The second-order valence-corrected chi connectivity index (χ2v) is 4.03. The molecule has 80 valence electrons. The fourth-order valence-corrected chi connectivity index (χ4v) is 1.81. The third-order valence-corrected chi connectivity index (χ3v) is 2.77. The van der Waals surface area contributed by atoms with Gasteiger partial charge in [0.2, 0.25) is 0 Å². The average Bonchev–Trinajstić information content (AvgIpc) is 3.02. The van der Waals surface area contributed by atoms with E-state index in [1.165, 1.54) is 18.4 Å². The Kier molecular flexibility index (Phi) is 2.73. The molecule has 0 aliphatic heterocycles. The van der Waals surface area contributed by atoms with Gasteiger partial charge in [-0.3, -0.25) is 0 Å². The van der Waals surface area contributed by atoms with Crippen molar-refractivity contribution >= 4 is 5.97 Å². The first-order valence-electron chi connectivity index (χ1n) is 5.17. The van der Waals surface area contributed by atoms with Crippen molar-refractivity contribution in [1.82, 2.24) is 0 Å². The fourth-order valence-electron chi connectivity index (χ4n) is 1.81. The van der Waals surface area contributed by atoms with Gasteiger partial charge >= 0.3 is 5.97 Å². The van der Waals surface area contributed by atoms with E-state index in [-0.39, 0.29) is 6.42 Å². The second kappa shape index (κ2) is 4.03. The van der Waals surface area contributed by atoms with E-state index in [4.69, 9.17) is 5.11 Å². The molecule has 1 aromatic rings. The lowest BCUT2D eigenvalue weighted by molar-refractivity contribution is -0.146. The topological polar surface area (TPSA) is 57.5 Å². The molecular formula is C12H14O3. The summed E-state index contributed by atoms with van der Waals surface area (Å²) in [6.45, 7) is 0. The maximum absolute atomic E-state index is 10.6. The number of carboxylic acid groups (broad SMARTS) is 1. The van der Waals surface area contributed by atoms with Crippen molar-refractivity contribution in [3.8, 4) is 0 Å². The molecule has 1 atom stereocenters. The van der Waals surface area contributed by atoms with Crippen LogP contribution in [0.1, 0.15) is 29.9 Å². The largest absolute Gasteiger partial charge is 0.479 e. The Bertz CT molecular complexity index is 369. The molecule has 0 bridgehead atoms. The summed E-state index contributed by atoms with van der Waals surface area (Å²) in [5.41, 5.74) is 2.17. The van der Waals surface area contributed by atoms with Crippen LogP contribution in [0.4, 0.5) is 0 Å². The minimum atomic E-state index is -1.29. The zero-order valence-corrected chi connectivity index (χ0v) is 8.39. The van der Waals surface area contributed by atoms with Crippen LogP contribution in [0.15, 0.2) is 24.3 Å². The first kappa shape index (κ1) is 10.2. The summed E-state index contributed by atoms with van der Waals surface area (Å²) in [5, 5.41) is 17.9. The SMILES string of the molecule is O=C(O)C(O)Cc1ccccc1C1CC1. The monoisotopic (exact) mass is 206 g/mol. The number of aliphatic hydroxyl groups excluding tert-OH is 1. The zero-order valence-electron chi connectivity index (χ0n) is 8.39. The van der Waals surface area contributed by atoms with E-state index in [1.54, 1.807) is 0 Å². The molecular weight excluding hydrogens is 192 g/mol. The molecule has 3 nitrogen and oxygen atoms in total. The number of carboxylic acids is 1. The Morgan fingerprint density at radius 2 is 2.07 bits per heavy atom. The molecule has 1 fully saturated rings. The van der Waals surface area contributed by atoms with Crippen LogP contribution >= 0.6 is 0 Å². The molecule has 1 unspecified atom stereocenters. The van der Waals surface area contributed by atoms with Crippen LogP contribution < -0.4 is 0 Å². The second-order valence-electron chi connectivity index (χ2n) is 4.03. The highest BCUT2D eigenvalue weighted by molar-refractivity contribution is 5.72. The van der Waals surface area contributed by atoms with Crippen LogP contribution in [0.3, 0.4) is 0 Å². The fraction of sp³-hybridized carbons (Fsp3) is 0.417. The van der Waals surface area contributed by atoms with Crippen molar-refractivity contribution in [2.24, 2.45) is 0 Å². The smallest absolute Gasteiger partial charge is 0.332 e. The maximum atomic E-state index is 10.6. The molecule has 2 N–H and O–H groups in total. The lowest BCUT2D eigenvalue weighted by Gasteiger charge is -2.10. The third-order valence-electron chi connectivity index (χ3n) is 2.77. The normalized spacial score (nSPS) is 17.4. The van der Waals surface area contributed by atoms with Gasteiger partial charge in [-0.2, -0.15) is 0 Å². The van der Waals surface area contributed by atoms with Gasteiger partial charge in [-0.1, -0.05) is 24.3 Å². The molecule has 15 heavy (non-hydrogen) atoms. The highest BCUT2D eigenvalue weighted by atomic mass is 16.4. The summed E-state index contributed by atoms with van der Waals surface area (Å²) in [4.78, 5) is 10.6. The van der Waals surface area contributed by atoms with Gasteiger partial charge in [-0.05, 0) is 29.9 Å². The van der Waals surface area contributed by atoms with Crippen molar-refractivity contribution < 1.29 is 15.0 Å². The van der Waals surface area contributed by atoms with E-state index in [0.717, 1.165) is 5.56 Å². The molecule has 0 spiro atoms.